The van der Waals surface area contributed by atoms with Gasteiger partial charge in [-0.05, 0) is 48.2 Å². The maximum atomic E-state index is 12.9. The van der Waals surface area contributed by atoms with Gasteiger partial charge in [0.15, 0.2) is 5.13 Å². The number of nitrogens with one attached hydrogen (secondary N) is 1. The second-order valence-electron chi connectivity index (χ2n) is 8.52. The minimum atomic E-state index is -0.162. The molecular formula is C30H32N2O2S. The molecule has 180 valence electrons. The van der Waals surface area contributed by atoms with Gasteiger partial charge in [-0.1, -0.05) is 87.7 Å². The number of carbonyl (C=O) groups is 1. The zero-order valence-corrected chi connectivity index (χ0v) is 21.2. The van der Waals surface area contributed by atoms with E-state index in [1.165, 1.54) is 22.4 Å². The van der Waals surface area contributed by atoms with Crippen molar-refractivity contribution >= 4 is 22.4 Å². The Kier molecular flexibility index (Phi) is 8.68. The summed E-state index contributed by atoms with van der Waals surface area (Å²) in [6.07, 6.45) is 5.31. The molecule has 0 saturated carbocycles. The zero-order valence-electron chi connectivity index (χ0n) is 20.4. The highest BCUT2D eigenvalue weighted by Gasteiger charge is 2.15. The van der Waals surface area contributed by atoms with Crippen LogP contribution in [0.4, 0.5) is 5.13 Å². The number of hydrogen-bond acceptors (Lipinski definition) is 4. The Morgan fingerprint density at radius 3 is 2.20 bits per heavy atom. The standard InChI is InChI=1S/C30H32N2O2S/c1-3-5-9-21-34-26-19-17-25(18-20-26)29(33)32-30-31-28(27(35-30)10-4-2)24-15-13-23(14-16-24)22-11-7-6-8-12-22/h6-8,11-20H,3-5,9-10,21H2,1-2H3,(H,31,32,33). The van der Waals surface area contributed by atoms with Gasteiger partial charge in [-0.2, -0.15) is 0 Å². The maximum absolute atomic E-state index is 12.9. The summed E-state index contributed by atoms with van der Waals surface area (Å²) in [6.45, 7) is 5.03. The molecule has 1 heterocycles. The Morgan fingerprint density at radius 2 is 1.51 bits per heavy atom. The molecule has 0 spiro atoms. The number of aryl methyl sites for hydroxylation is 1. The van der Waals surface area contributed by atoms with Gasteiger partial charge >= 0.3 is 0 Å². The van der Waals surface area contributed by atoms with E-state index in [9.17, 15) is 4.79 Å². The highest BCUT2D eigenvalue weighted by atomic mass is 32.1. The molecule has 4 aromatic rings. The van der Waals surface area contributed by atoms with Crippen molar-refractivity contribution in [3.05, 3.63) is 89.3 Å². The molecule has 1 amide bonds. The van der Waals surface area contributed by atoms with E-state index in [0.717, 1.165) is 42.7 Å². The number of nitrogens with zero attached hydrogens (tertiary/aromatic N) is 1. The van der Waals surface area contributed by atoms with Crippen LogP contribution in [-0.4, -0.2) is 17.5 Å². The summed E-state index contributed by atoms with van der Waals surface area (Å²) in [5.41, 5.74) is 4.97. The molecule has 1 N–H and O–H groups in total. The van der Waals surface area contributed by atoms with E-state index in [1.807, 2.05) is 30.3 Å². The van der Waals surface area contributed by atoms with Crippen LogP contribution >= 0.6 is 11.3 Å². The second-order valence-corrected chi connectivity index (χ2v) is 9.60. The Balaban J connectivity index is 1.46. The molecule has 0 aliphatic carbocycles. The third-order valence-corrected chi connectivity index (χ3v) is 6.82. The van der Waals surface area contributed by atoms with Crippen molar-refractivity contribution in [3.8, 4) is 28.1 Å². The third-order valence-electron chi connectivity index (χ3n) is 5.79. The van der Waals surface area contributed by atoms with Gasteiger partial charge < -0.3 is 4.74 Å². The van der Waals surface area contributed by atoms with Crippen LogP contribution in [-0.2, 0) is 6.42 Å². The van der Waals surface area contributed by atoms with Crippen LogP contribution in [0.25, 0.3) is 22.4 Å². The Morgan fingerprint density at radius 1 is 0.829 bits per heavy atom. The molecule has 4 rings (SSSR count). The van der Waals surface area contributed by atoms with E-state index < -0.39 is 0 Å². The molecule has 0 aliphatic heterocycles. The Bertz CT molecular complexity index is 1220. The zero-order chi connectivity index (χ0) is 24.5. The summed E-state index contributed by atoms with van der Waals surface area (Å²) in [5, 5.41) is 3.62. The van der Waals surface area contributed by atoms with Crippen molar-refractivity contribution in [2.45, 2.75) is 46.0 Å². The summed E-state index contributed by atoms with van der Waals surface area (Å²) in [5.74, 6) is 0.628. The first-order chi connectivity index (χ1) is 17.2. The number of amides is 1. The molecule has 0 bridgehead atoms. The quantitative estimate of drug-likeness (QED) is 0.218. The molecule has 0 radical (unpaired) electrons. The molecule has 4 nitrogen and oxygen atoms in total. The van der Waals surface area contributed by atoms with Crippen LogP contribution in [0.2, 0.25) is 0 Å². The normalized spacial score (nSPS) is 10.8. The van der Waals surface area contributed by atoms with Crippen LogP contribution < -0.4 is 10.1 Å². The molecular weight excluding hydrogens is 452 g/mol. The third kappa shape index (κ3) is 6.58. The van der Waals surface area contributed by atoms with Gasteiger partial charge in [-0.15, -0.1) is 11.3 Å². The van der Waals surface area contributed by atoms with Crippen molar-refractivity contribution in [1.29, 1.82) is 0 Å². The smallest absolute Gasteiger partial charge is 0.257 e. The highest BCUT2D eigenvalue weighted by Crippen LogP contribution is 2.33. The Hall–Kier alpha value is -3.44. The van der Waals surface area contributed by atoms with Gasteiger partial charge in [-0.3, -0.25) is 10.1 Å². The Labute approximate surface area is 212 Å². The van der Waals surface area contributed by atoms with E-state index in [2.05, 4.69) is 55.6 Å². The predicted molar refractivity (Wildman–Crippen MR) is 146 cm³/mol. The van der Waals surface area contributed by atoms with Gasteiger partial charge in [0.1, 0.15) is 5.75 Å². The predicted octanol–water partition coefficient (Wildman–Crippen LogP) is 8.25. The van der Waals surface area contributed by atoms with Crippen molar-refractivity contribution in [1.82, 2.24) is 4.98 Å². The van der Waals surface area contributed by atoms with E-state index in [0.29, 0.717) is 17.3 Å². The number of anilines is 1. The summed E-state index contributed by atoms with van der Waals surface area (Å²) in [7, 11) is 0. The molecule has 35 heavy (non-hydrogen) atoms. The van der Waals surface area contributed by atoms with Gasteiger partial charge in [0.25, 0.3) is 5.91 Å². The summed E-state index contributed by atoms with van der Waals surface area (Å²) in [4.78, 5) is 18.8. The number of unbranched alkanes of at least 4 members (excludes halogenated alkanes) is 2. The maximum Gasteiger partial charge on any atom is 0.257 e. The fourth-order valence-electron chi connectivity index (χ4n) is 3.89. The molecule has 0 fully saturated rings. The van der Waals surface area contributed by atoms with Crippen LogP contribution in [0, 0.1) is 0 Å². The number of rotatable bonds is 11. The average Bonchev–Trinajstić information content (AvgIpc) is 3.30. The highest BCUT2D eigenvalue weighted by molar-refractivity contribution is 7.16. The topological polar surface area (TPSA) is 51.2 Å². The molecule has 5 heteroatoms. The SMILES string of the molecule is CCCCCOc1ccc(C(=O)Nc2nc(-c3ccc(-c4ccccc4)cc3)c(CCC)s2)cc1. The lowest BCUT2D eigenvalue weighted by Gasteiger charge is -2.07. The summed E-state index contributed by atoms with van der Waals surface area (Å²) >= 11 is 1.55. The van der Waals surface area contributed by atoms with Crippen molar-refractivity contribution < 1.29 is 9.53 Å². The number of carbonyl (C=O) groups excluding carboxylic acids is 1. The molecule has 0 saturated heterocycles. The van der Waals surface area contributed by atoms with Crippen molar-refractivity contribution in [2.24, 2.45) is 0 Å². The second kappa shape index (κ2) is 12.3. The lowest BCUT2D eigenvalue weighted by atomic mass is 10.0. The first-order valence-electron chi connectivity index (χ1n) is 12.4. The molecule has 3 aromatic carbocycles. The van der Waals surface area contributed by atoms with Crippen LogP contribution in [0.15, 0.2) is 78.9 Å². The van der Waals surface area contributed by atoms with E-state index in [4.69, 9.17) is 9.72 Å². The molecule has 1 aromatic heterocycles. The minimum absolute atomic E-state index is 0.162. The van der Waals surface area contributed by atoms with Crippen molar-refractivity contribution in [3.63, 3.8) is 0 Å². The van der Waals surface area contributed by atoms with Gasteiger partial charge in [0, 0.05) is 16.0 Å². The largest absolute Gasteiger partial charge is 0.494 e. The lowest BCUT2D eigenvalue weighted by Crippen LogP contribution is -2.11. The first-order valence-corrected chi connectivity index (χ1v) is 13.2. The van der Waals surface area contributed by atoms with Crippen LogP contribution in [0.3, 0.4) is 0 Å². The van der Waals surface area contributed by atoms with Gasteiger partial charge in [0.2, 0.25) is 0 Å². The minimum Gasteiger partial charge on any atom is -0.494 e. The van der Waals surface area contributed by atoms with Gasteiger partial charge in [-0.25, -0.2) is 4.98 Å². The van der Waals surface area contributed by atoms with E-state index >= 15 is 0 Å². The summed E-state index contributed by atoms with van der Waals surface area (Å²) in [6, 6.07) is 26.1. The number of hydrogen-bond donors (Lipinski definition) is 1. The van der Waals surface area contributed by atoms with Crippen LogP contribution in [0.5, 0.6) is 5.75 Å². The number of aromatic nitrogens is 1. The number of ether oxygens (including phenoxy) is 1. The average molecular weight is 485 g/mol. The molecule has 0 aliphatic rings. The lowest BCUT2D eigenvalue weighted by molar-refractivity contribution is 0.102. The number of thiazole rings is 1. The molecule has 0 atom stereocenters. The number of benzene rings is 3. The fraction of sp³-hybridized carbons (Fsp3) is 0.267. The fourth-order valence-corrected chi connectivity index (χ4v) is 4.97. The van der Waals surface area contributed by atoms with E-state index in [1.54, 1.807) is 23.5 Å². The van der Waals surface area contributed by atoms with E-state index in [-0.39, 0.29) is 5.91 Å². The van der Waals surface area contributed by atoms with Crippen molar-refractivity contribution in [2.75, 3.05) is 11.9 Å². The molecule has 0 unspecified atom stereocenters. The monoisotopic (exact) mass is 484 g/mol. The first kappa shape index (κ1) is 24.7. The summed E-state index contributed by atoms with van der Waals surface area (Å²) < 4.78 is 5.75. The van der Waals surface area contributed by atoms with Gasteiger partial charge in [0.05, 0.1) is 12.3 Å². The van der Waals surface area contributed by atoms with Crippen LogP contribution in [0.1, 0.15) is 54.8 Å².